The van der Waals surface area contributed by atoms with Crippen LogP contribution in [0, 0.1) is 0 Å². The number of carbonyl (C=O) groups excluding carboxylic acids is 1. The second-order valence-electron chi connectivity index (χ2n) is 4.34. The maximum absolute atomic E-state index is 11.6. The predicted molar refractivity (Wildman–Crippen MR) is 70.6 cm³/mol. The molecular weight excluding hydrogens is 248 g/mol. The lowest BCUT2D eigenvalue weighted by Gasteiger charge is -2.17. The lowest BCUT2D eigenvalue weighted by Crippen LogP contribution is -2.24. The highest BCUT2D eigenvalue weighted by atomic mass is 16.7. The maximum Gasteiger partial charge on any atom is 0.338 e. The van der Waals surface area contributed by atoms with Crippen LogP contribution >= 0.6 is 0 Å². The number of hydrogen-bond donors (Lipinski definition) is 0. The van der Waals surface area contributed by atoms with Crippen LogP contribution in [-0.4, -0.2) is 44.8 Å². The summed E-state index contributed by atoms with van der Waals surface area (Å²) in [5, 5.41) is 0. The van der Waals surface area contributed by atoms with Gasteiger partial charge in [-0.05, 0) is 19.8 Å². The molecule has 0 aromatic carbocycles. The molecule has 1 fully saturated rings. The molecule has 0 bridgehead atoms. The first-order valence-electron chi connectivity index (χ1n) is 6.43. The fourth-order valence-corrected chi connectivity index (χ4v) is 1.61. The molecule has 19 heavy (non-hydrogen) atoms. The van der Waals surface area contributed by atoms with Gasteiger partial charge < -0.3 is 18.9 Å². The highest BCUT2D eigenvalue weighted by molar-refractivity contribution is 5.88. The van der Waals surface area contributed by atoms with E-state index in [0.717, 1.165) is 19.4 Å². The standard InChI is InChI=1S/C14H22O5/c1-4-7-16-10-19-14(15)11(2)12(3)18-9-13-6-5-8-17-13/h4,12-13H,1-2,5-10H2,3H3. The van der Waals surface area contributed by atoms with Crippen molar-refractivity contribution in [3.8, 4) is 0 Å². The molecule has 1 aliphatic rings. The maximum atomic E-state index is 11.6. The molecule has 0 spiro atoms. The molecule has 108 valence electrons. The van der Waals surface area contributed by atoms with Crippen molar-refractivity contribution in [1.82, 2.24) is 0 Å². The van der Waals surface area contributed by atoms with Gasteiger partial charge in [0.05, 0.1) is 31.0 Å². The topological polar surface area (TPSA) is 54.0 Å². The number of hydrogen-bond acceptors (Lipinski definition) is 5. The zero-order chi connectivity index (χ0) is 14.1. The second kappa shape index (κ2) is 8.85. The van der Waals surface area contributed by atoms with Gasteiger partial charge in [0.1, 0.15) is 0 Å². The number of esters is 1. The molecule has 1 rings (SSSR count). The first-order valence-corrected chi connectivity index (χ1v) is 6.43. The van der Waals surface area contributed by atoms with E-state index in [0.29, 0.717) is 13.2 Å². The first kappa shape index (κ1) is 15.9. The molecule has 1 saturated heterocycles. The predicted octanol–water partition coefficient (Wildman–Crippen LogP) is 1.83. The Balaban J connectivity index is 2.18. The average Bonchev–Trinajstić information content (AvgIpc) is 2.93. The van der Waals surface area contributed by atoms with Crippen molar-refractivity contribution in [2.45, 2.75) is 32.0 Å². The van der Waals surface area contributed by atoms with Crippen LogP contribution in [0.4, 0.5) is 0 Å². The van der Waals surface area contributed by atoms with Gasteiger partial charge in [-0.15, -0.1) is 6.58 Å². The van der Waals surface area contributed by atoms with Crippen molar-refractivity contribution in [1.29, 1.82) is 0 Å². The van der Waals surface area contributed by atoms with E-state index in [9.17, 15) is 4.79 Å². The highest BCUT2D eigenvalue weighted by Gasteiger charge is 2.20. The summed E-state index contributed by atoms with van der Waals surface area (Å²) >= 11 is 0. The molecule has 2 atom stereocenters. The molecular formula is C14H22O5. The smallest absolute Gasteiger partial charge is 0.338 e. The molecule has 0 saturated carbocycles. The molecule has 0 amide bonds. The Morgan fingerprint density at radius 1 is 1.58 bits per heavy atom. The Bertz CT molecular complexity index is 307. The fourth-order valence-electron chi connectivity index (χ4n) is 1.61. The summed E-state index contributed by atoms with van der Waals surface area (Å²) < 4.78 is 20.8. The van der Waals surface area contributed by atoms with Crippen LogP contribution in [0.2, 0.25) is 0 Å². The third kappa shape index (κ3) is 6.00. The van der Waals surface area contributed by atoms with Crippen LogP contribution in [0.25, 0.3) is 0 Å². The van der Waals surface area contributed by atoms with Crippen molar-refractivity contribution < 1.29 is 23.7 Å². The zero-order valence-corrected chi connectivity index (χ0v) is 11.4. The van der Waals surface area contributed by atoms with Crippen molar-refractivity contribution in [3.05, 3.63) is 24.8 Å². The molecule has 1 aliphatic heterocycles. The van der Waals surface area contributed by atoms with Gasteiger partial charge in [0.15, 0.2) is 6.79 Å². The lowest BCUT2D eigenvalue weighted by molar-refractivity contribution is -0.152. The van der Waals surface area contributed by atoms with Crippen LogP contribution in [0.5, 0.6) is 0 Å². The first-order chi connectivity index (χ1) is 9.15. The minimum atomic E-state index is -0.510. The summed E-state index contributed by atoms with van der Waals surface area (Å²) in [5.41, 5.74) is 0.278. The van der Waals surface area contributed by atoms with Crippen LogP contribution in [0.3, 0.4) is 0 Å². The van der Waals surface area contributed by atoms with Gasteiger partial charge in [-0.3, -0.25) is 0 Å². The molecule has 1 heterocycles. The Morgan fingerprint density at radius 3 is 3.00 bits per heavy atom. The van der Waals surface area contributed by atoms with Gasteiger partial charge in [0, 0.05) is 6.61 Å². The SMILES string of the molecule is C=CCOCOC(=O)C(=C)C(C)OCC1CCCO1. The zero-order valence-electron chi connectivity index (χ0n) is 11.4. The van der Waals surface area contributed by atoms with E-state index >= 15 is 0 Å². The van der Waals surface area contributed by atoms with Crippen LogP contribution in [0.15, 0.2) is 24.8 Å². The summed E-state index contributed by atoms with van der Waals surface area (Å²) in [4.78, 5) is 11.6. The van der Waals surface area contributed by atoms with Crippen molar-refractivity contribution in [2.24, 2.45) is 0 Å². The van der Waals surface area contributed by atoms with E-state index in [2.05, 4.69) is 13.2 Å². The van der Waals surface area contributed by atoms with Crippen molar-refractivity contribution in [3.63, 3.8) is 0 Å². The molecule has 0 aromatic rings. The fraction of sp³-hybridized carbons (Fsp3) is 0.643. The quantitative estimate of drug-likeness (QED) is 0.210. The van der Waals surface area contributed by atoms with Crippen LogP contribution in [0.1, 0.15) is 19.8 Å². The summed E-state index contributed by atoms with van der Waals surface area (Å²) in [6.45, 7) is 10.4. The Labute approximate surface area is 114 Å². The van der Waals surface area contributed by atoms with Gasteiger partial charge >= 0.3 is 5.97 Å². The molecule has 2 unspecified atom stereocenters. The number of carbonyl (C=O) groups is 1. The number of ether oxygens (including phenoxy) is 4. The largest absolute Gasteiger partial charge is 0.435 e. The minimum absolute atomic E-state index is 0.109. The van der Waals surface area contributed by atoms with Gasteiger partial charge in [0.25, 0.3) is 0 Å². The Hall–Kier alpha value is -1.17. The molecule has 0 N–H and O–H groups in total. The van der Waals surface area contributed by atoms with Gasteiger partial charge in [-0.1, -0.05) is 12.7 Å². The average molecular weight is 270 g/mol. The Morgan fingerprint density at radius 2 is 2.37 bits per heavy atom. The van der Waals surface area contributed by atoms with E-state index in [4.69, 9.17) is 18.9 Å². The monoisotopic (exact) mass is 270 g/mol. The summed E-state index contributed by atoms with van der Waals surface area (Å²) in [6.07, 6.45) is 3.37. The third-order valence-electron chi connectivity index (χ3n) is 2.82. The molecule has 0 aliphatic carbocycles. The van der Waals surface area contributed by atoms with Crippen molar-refractivity contribution >= 4 is 5.97 Å². The normalized spacial score (nSPS) is 19.9. The molecule has 0 aromatic heterocycles. The van der Waals surface area contributed by atoms with Gasteiger partial charge in [-0.25, -0.2) is 4.79 Å². The third-order valence-corrected chi connectivity index (χ3v) is 2.82. The van der Waals surface area contributed by atoms with E-state index in [1.807, 2.05) is 0 Å². The highest BCUT2D eigenvalue weighted by Crippen LogP contribution is 2.14. The second-order valence-corrected chi connectivity index (χ2v) is 4.34. The molecule has 5 nitrogen and oxygen atoms in total. The summed E-state index contributed by atoms with van der Waals surface area (Å²) in [6, 6.07) is 0. The van der Waals surface area contributed by atoms with Crippen LogP contribution in [-0.2, 0) is 23.7 Å². The summed E-state index contributed by atoms with van der Waals surface area (Å²) in [5.74, 6) is -0.510. The number of rotatable bonds is 9. The van der Waals surface area contributed by atoms with Crippen molar-refractivity contribution in [2.75, 3.05) is 26.6 Å². The van der Waals surface area contributed by atoms with E-state index < -0.39 is 12.1 Å². The lowest BCUT2D eigenvalue weighted by atomic mass is 10.2. The Kier molecular flexibility index (Phi) is 7.40. The molecule has 0 radical (unpaired) electrons. The van der Waals surface area contributed by atoms with E-state index in [-0.39, 0.29) is 18.5 Å². The van der Waals surface area contributed by atoms with E-state index in [1.165, 1.54) is 0 Å². The van der Waals surface area contributed by atoms with Crippen LogP contribution < -0.4 is 0 Å². The summed E-state index contributed by atoms with van der Waals surface area (Å²) in [7, 11) is 0. The minimum Gasteiger partial charge on any atom is -0.435 e. The van der Waals surface area contributed by atoms with Gasteiger partial charge in [0.2, 0.25) is 0 Å². The van der Waals surface area contributed by atoms with E-state index in [1.54, 1.807) is 13.0 Å². The molecule has 5 heteroatoms. The van der Waals surface area contributed by atoms with Gasteiger partial charge in [-0.2, -0.15) is 0 Å².